The first-order valence-electron chi connectivity index (χ1n) is 9.04. The molecule has 0 saturated carbocycles. The number of halogens is 3. The zero-order valence-corrected chi connectivity index (χ0v) is 16.6. The number of nitrogens with zero attached hydrogens (tertiary/aromatic N) is 2. The van der Waals surface area contributed by atoms with Crippen LogP contribution in [0.4, 0.5) is 13.2 Å². The van der Waals surface area contributed by atoms with Crippen molar-refractivity contribution < 1.29 is 22.7 Å². The smallest absolute Gasteiger partial charge is 0.416 e. The Morgan fingerprint density at radius 3 is 2.43 bits per heavy atom. The second-order valence-corrected chi connectivity index (χ2v) is 6.64. The minimum Gasteiger partial charge on any atom is -0.497 e. The van der Waals surface area contributed by atoms with Gasteiger partial charge in [0.1, 0.15) is 5.75 Å². The summed E-state index contributed by atoms with van der Waals surface area (Å²) in [4.78, 5) is 12.1. The number of alkyl halides is 3. The van der Waals surface area contributed by atoms with E-state index in [0.717, 1.165) is 40.5 Å². The molecule has 0 aliphatic carbocycles. The number of nitrogens with one attached hydrogen (secondary N) is 1. The maximum Gasteiger partial charge on any atom is 0.416 e. The van der Waals surface area contributed by atoms with Crippen LogP contribution in [0, 0.1) is 13.8 Å². The van der Waals surface area contributed by atoms with Crippen molar-refractivity contribution in [3.63, 3.8) is 0 Å². The van der Waals surface area contributed by atoms with Crippen LogP contribution < -0.4 is 10.2 Å². The molecule has 1 N–H and O–H groups in total. The molecule has 156 valence electrons. The molecule has 3 aromatic rings. The van der Waals surface area contributed by atoms with E-state index in [1.807, 2.05) is 48.7 Å². The van der Waals surface area contributed by atoms with E-state index in [1.54, 1.807) is 7.11 Å². The highest BCUT2D eigenvalue weighted by atomic mass is 19.4. The summed E-state index contributed by atoms with van der Waals surface area (Å²) in [7, 11) is 1.60. The van der Waals surface area contributed by atoms with Crippen molar-refractivity contribution in [1.29, 1.82) is 0 Å². The summed E-state index contributed by atoms with van der Waals surface area (Å²) in [5.74, 6) is 0.0293. The minimum atomic E-state index is -4.52. The largest absolute Gasteiger partial charge is 0.497 e. The first-order valence-corrected chi connectivity index (χ1v) is 9.04. The van der Waals surface area contributed by atoms with Gasteiger partial charge in [-0.1, -0.05) is 6.07 Å². The Hall–Kier alpha value is -3.55. The third-order valence-corrected chi connectivity index (χ3v) is 4.62. The van der Waals surface area contributed by atoms with E-state index in [1.165, 1.54) is 18.3 Å². The van der Waals surface area contributed by atoms with Crippen LogP contribution >= 0.6 is 0 Å². The average molecular weight is 415 g/mol. The Labute approximate surface area is 171 Å². The summed E-state index contributed by atoms with van der Waals surface area (Å²) in [6.45, 7) is 3.85. The van der Waals surface area contributed by atoms with Gasteiger partial charge < -0.3 is 9.30 Å². The standard InChI is InChI=1S/C22H20F3N3O2/c1-14-11-17(15(2)28(14)19-7-9-20(30-3)10-8-19)13-26-27-21(29)16-5-4-6-18(12-16)22(23,24)25/h4-13H,1-3H3,(H,27,29)/b26-13-. The number of hydrogen-bond donors (Lipinski definition) is 1. The fourth-order valence-electron chi connectivity index (χ4n) is 3.11. The van der Waals surface area contributed by atoms with Crippen molar-refractivity contribution in [2.45, 2.75) is 20.0 Å². The number of aryl methyl sites for hydroxylation is 1. The van der Waals surface area contributed by atoms with Crippen LogP contribution in [0.25, 0.3) is 5.69 Å². The van der Waals surface area contributed by atoms with E-state index in [9.17, 15) is 18.0 Å². The molecule has 3 rings (SSSR count). The highest BCUT2D eigenvalue weighted by Gasteiger charge is 2.30. The molecule has 0 aliphatic heterocycles. The van der Waals surface area contributed by atoms with Crippen molar-refractivity contribution in [3.05, 3.63) is 82.7 Å². The van der Waals surface area contributed by atoms with Crippen molar-refractivity contribution in [2.75, 3.05) is 7.11 Å². The quantitative estimate of drug-likeness (QED) is 0.477. The summed E-state index contributed by atoms with van der Waals surface area (Å²) in [6.07, 6.45) is -3.05. The van der Waals surface area contributed by atoms with Gasteiger partial charge in [0.25, 0.3) is 5.91 Å². The number of methoxy groups -OCH3 is 1. The number of hydrazone groups is 1. The molecule has 1 aromatic heterocycles. The number of carbonyl (C=O) groups is 1. The number of benzene rings is 2. The first-order chi connectivity index (χ1) is 14.2. The molecule has 0 saturated heterocycles. The van der Waals surface area contributed by atoms with Crippen LogP contribution in [0.1, 0.15) is 32.9 Å². The molecule has 0 bridgehead atoms. The van der Waals surface area contributed by atoms with Gasteiger partial charge in [-0.05, 0) is 62.4 Å². The number of aromatic nitrogens is 1. The minimum absolute atomic E-state index is 0.120. The van der Waals surface area contributed by atoms with Crippen molar-refractivity contribution in [1.82, 2.24) is 9.99 Å². The maximum absolute atomic E-state index is 12.8. The summed E-state index contributed by atoms with van der Waals surface area (Å²) in [5, 5.41) is 3.91. The van der Waals surface area contributed by atoms with E-state index in [2.05, 4.69) is 10.5 Å². The molecule has 0 radical (unpaired) electrons. The van der Waals surface area contributed by atoms with Crippen LogP contribution in [0.5, 0.6) is 5.75 Å². The molecule has 2 aromatic carbocycles. The topological polar surface area (TPSA) is 55.6 Å². The predicted molar refractivity (Wildman–Crippen MR) is 108 cm³/mol. The lowest BCUT2D eigenvalue weighted by atomic mass is 10.1. The fraction of sp³-hybridized carbons (Fsp3) is 0.182. The molecule has 8 heteroatoms. The van der Waals surface area contributed by atoms with Gasteiger partial charge in [0.2, 0.25) is 0 Å². The lowest BCUT2D eigenvalue weighted by Crippen LogP contribution is -2.18. The zero-order valence-electron chi connectivity index (χ0n) is 16.6. The Morgan fingerprint density at radius 2 is 1.80 bits per heavy atom. The monoisotopic (exact) mass is 415 g/mol. The molecule has 1 amide bonds. The number of amides is 1. The SMILES string of the molecule is COc1ccc(-n2c(C)cc(/C=N\NC(=O)c3cccc(C(F)(F)F)c3)c2C)cc1. The van der Waals surface area contributed by atoms with Crippen molar-refractivity contribution in [3.8, 4) is 11.4 Å². The predicted octanol–water partition coefficient (Wildman–Crippen LogP) is 4.89. The molecule has 0 unspecified atom stereocenters. The van der Waals surface area contributed by atoms with Gasteiger partial charge in [-0.2, -0.15) is 18.3 Å². The molecule has 0 aliphatic rings. The van der Waals surface area contributed by atoms with Crippen LogP contribution in [-0.4, -0.2) is 23.8 Å². The second kappa shape index (κ2) is 8.44. The Kier molecular flexibility index (Phi) is 5.96. The molecular weight excluding hydrogens is 395 g/mol. The lowest BCUT2D eigenvalue weighted by molar-refractivity contribution is -0.137. The van der Waals surface area contributed by atoms with Crippen LogP contribution in [-0.2, 0) is 6.18 Å². The number of ether oxygens (including phenoxy) is 1. The Morgan fingerprint density at radius 1 is 1.10 bits per heavy atom. The van der Waals surface area contributed by atoms with E-state index in [-0.39, 0.29) is 5.56 Å². The van der Waals surface area contributed by atoms with Crippen LogP contribution in [0.3, 0.4) is 0 Å². The van der Waals surface area contributed by atoms with Gasteiger partial charge in [-0.3, -0.25) is 4.79 Å². The third kappa shape index (κ3) is 4.53. The summed E-state index contributed by atoms with van der Waals surface area (Å²) in [6, 6.07) is 13.7. The number of carbonyl (C=O) groups excluding carboxylic acids is 1. The van der Waals surface area contributed by atoms with E-state index < -0.39 is 17.6 Å². The first kappa shape index (κ1) is 21.2. The van der Waals surface area contributed by atoms with Crippen molar-refractivity contribution >= 4 is 12.1 Å². The molecule has 1 heterocycles. The van der Waals surface area contributed by atoms with Crippen LogP contribution in [0.2, 0.25) is 0 Å². The number of rotatable bonds is 5. The summed E-state index contributed by atoms with van der Waals surface area (Å²) >= 11 is 0. The molecular formula is C22H20F3N3O2. The Balaban J connectivity index is 1.76. The van der Waals surface area contributed by atoms with Gasteiger partial charge in [0.15, 0.2) is 0 Å². The van der Waals surface area contributed by atoms with E-state index in [0.29, 0.717) is 0 Å². The average Bonchev–Trinajstić information content (AvgIpc) is 3.00. The molecule has 0 spiro atoms. The fourth-order valence-corrected chi connectivity index (χ4v) is 3.11. The van der Waals surface area contributed by atoms with Gasteiger partial charge in [0.05, 0.1) is 18.9 Å². The highest BCUT2D eigenvalue weighted by Crippen LogP contribution is 2.29. The van der Waals surface area contributed by atoms with E-state index >= 15 is 0 Å². The molecule has 0 fully saturated rings. The normalized spacial score (nSPS) is 11.7. The van der Waals surface area contributed by atoms with Crippen LogP contribution in [0.15, 0.2) is 59.7 Å². The zero-order chi connectivity index (χ0) is 21.9. The maximum atomic E-state index is 12.8. The van der Waals surface area contributed by atoms with Crippen molar-refractivity contribution in [2.24, 2.45) is 5.10 Å². The highest BCUT2D eigenvalue weighted by molar-refractivity contribution is 5.95. The summed E-state index contributed by atoms with van der Waals surface area (Å²) < 4.78 is 45.6. The summed E-state index contributed by atoms with van der Waals surface area (Å²) in [5.41, 5.74) is 4.84. The second-order valence-electron chi connectivity index (χ2n) is 6.64. The van der Waals surface area contributed by atoms with Gasteiger partial charge in [-0.25, -0.2) is 5.43 Å². The van der Waals surface area contributed by atoms with Gasteiger partial charge >= 0.3 is 6.18 Å². The van der Waals surface area contributed by atoms with Gasteiger partial charge in [-0.15, -0.1) is 0 Å². The molecule has 5 nitrogen and oxygen atoms in total. The number of hydrogen-bond acceptors (Lipinski definition) is 3. The Bertz CT molecular complexity index is 1080. The molecule has 0 atom stereocenters. The van der Waals surface area contributed by atoms with E-state index in [4.69, 9.17) is 4.74 Å². The molecule has 30 heavy (non-hydrogen) atoms. The third-order valence-electron chi connectivity index (χ3n) is 4.62. The van der Waals surface area contributed by atoms with Gasteiger partial charge in [0, 0.05) is 28.2 Å². The lowest BCUT2D eigenvalue weighted by Gasteiger charge is -2.10.